The molecule has 3 heterocycles. The number of aliphatic hydroxyl groups is 1. The van der Waals surface area contributed by atoms with Gasteiger partial charge < -0.3 is 9.84 Å². The molecule has 3 aromatic carbocycles. The van der Waals surface area contributed by atoms with E-state index in [0.717, 1.165) is 16.7 Å². The van der Waals surface area contributed by atoms with Crippen LogP contribution in [-0.2, 0) is 31.3 Å². The Bertz CT molecular complexity index is 2340. The van der Waals surface area contributed by atoms with Crippen LogP contribution >= 0.6 is 0 Å². The van der Waals surface area contributed by atoms with Gasteiger partial charge in [0.1, 0.15) is 6.23 Å². The van der Waals surface area contributed by atoms with Crippen LogP contribution in [0.15, 0.2) is 122 Å². The molecule has 6 rings (SSSR count). The number of sulfonamides is 2. The monoisotopic (exact) mass is 848 g/mol. The summed E-state index contributed by atoms with van der Waals surface area (Å²) in [5.41, 5.74) is 11.4. The van der Waals surface area contributed by atoms with Gasteiger partial charge in [0.2, 0.25) is 20.0 Å². The van der Waals surface area contributed by atoms with Crippen molar-refractivity contribution in [3.63, 3.8) is 0 Å². The summed E-state index contributed by atoms with van der Waals surface area (Å²) in [7, 11) is -7.60. The lowest BCUT2D eigenvalue weighted by Crippen LogP contribution is -2.41. The highest BCUT2D eigenvalue weighted by Gasteiger charge is 2.36. The molecule has 2 saturated heterocycles. The third kappa shape index (κ3) is 11.9. The first kappa shape index (κ1) is 45.2. The van der Waals surface area contributed by atoms with Crippen molar-refractivity contribution in [1.82, 2.24) is 23.1 Å². The van der Waals surface area contributed by atoms with Gasteiger partial charge in [-0.25, -0.2) is 21.6 Å². The highest BCUT2D eigenvalue weighted by molar-refractivity contribution is 7.89. The number of ether oxygens (including phenoxy) is 1. The Hall–Kier alpha value is -4.91. The van der Waals surface area contributed by atoms with Gasteiger partial charge in [0.15, 0.2) is 0 Å². The molecule has 16 nitrogen and oxygen atoms in total. The zero-order valence-corrected chi connectivity index (χ0v) is 35.2. The number of aliphatic hydroxyl groups excluding tert-OH is 1. The number of hydrogen-bond donors (Lipinski definition) is 2. The van der Waals surface area contributed by atoms with Gasteiger partial charge in [-0.2, -0.15) is 8.61 Å². The molecule has 2 fully saturated rings. The Morgan fingerprint density at radius 2 is 1.36 bits per heavy atom. The summed E-state index contributed by atoms with van der Waals surface area (Å²) in [6, 6.07) is 23.2. The number of nitrogens with one attached hydrogen (secondary N) is 1. The fourth-order valence-electron chi connectivity index (χ4n) is 6.93. The summed E-state index contributed by atoms with van der Waals surface area (Å²) in [5.74, 6) is 0. The molecular formula is C41H52N8O8S2. The van der Waals surface area contributed by atoms with Crippen molar-refractivity contribution in [3.05, 3.63) is 151 Å². The van der Waals surface area contributed by atoms with Crippen molar-refractivity contribution in [2.24, 2.45) is 5.11 Å². The van der Waals surface area contributed by atoms with E-state index in [9.17, 15) is 26.4 Å². The summed E-state index contributed by atoms with van der Waals surface area (Å²) in [4.78, 5) is 30.6. The SMILES string of the molecule is C=C1CN(S(=O)(=O)c2ccc(C)cc2)CCCN(Cc2ccccc2)CCCN(S(=O)(=O)c2ccc(C)cc2)C1.Cc1cn([C@H]2C[C@H](N=[N+]=[N-])[C@@H](CO)O2)c(=O)[nH]c1=O. The molecule has 59 heavy (non-hydrogen) atoms. The van der Waals surface area contributed by atoms with Gasteiger partial charge in [-0.05, 0) is 87.6 Å². The molecule has 1 aromatic heterocycles. The molecule has 3 atom stereocenters. The number of rotatable bonds is 9. The minimum absolute atomic E-state index is 0.0504. The molecule has 2 aliphatic rings. The lowest BCUT2D eigenvalue weighted by molar-refractivity contribution is -0.0271. The first-order valence-corrected chi connectivity index (χ1v) is 22.2. The van der Waals surface area contributed by atoms with E-state index in [-0.39, 0.29) is 35.9 Å². The van der Waals surface area contributed by atoms with Gasteiger partial charge in [0, 0.05) is 55.8 Å². The molecule has 2 N–H and O–H groups in total. The van der Waals surface area contributed by atoms with Crippen LogP contribution in [0.5, 0.6) is 0 Å². The van der Waals surface area contributed by atoms with Crippen LogP contribution in [0.1, 0.15) is 47.7 Å². The zero-order valence-electron chi connectivity index (χ0n) is 33.6. The maximum Gasteiger partial charge on any atom is 0.330 e. The first-order chi connectivity index (χ1) is 28.1. The Balaban J connectivity index is 0.000000290. The van der Waals surface area contributed by atoms with E-state index >= 15 is 0 Å². The quantitative estimate of drug-likeness (QED) is 0.104. The number of H-pyrrole nitrogens is 1. The molecule has 0 spiro atoms. The van der Waals surface area contributed by atoms with Crippen LogP contribution in [0.4, 0.5) is 0 Å². The van der Waals surface area contributed by atoms with Crippen LogP contribution < -0.4 is 11.2 Å². The molecule has 18 heteroatoms. The number of aromatic amines is 1. The summed E-state index contributed by atoms with van der Waals surface area (Å²) < 4.78 is 64.4. The van der Waals surface area contributed by atoms with E-state index in [1.54, 1.807) is 55.5 Å². The largest absolute Gasteiger partial charge is 0.394 e. The van der Waals surface area contributed by atoms with E-state index < -0.39 is 49.7 Å². The Morgan fingerprint density at radius 1 is 0.831 bits per heavy atom. The van der Waals surface area contributed by atoms with E-state index in [4.69, 9.17) is 15.4 Å². The van der Waals surface area contributed by atoms with Crippen LogP contribution in [0.3, 0.4) is 0 Å². The average Bonchev–Trinajstić information content (AvgIpc) is 3.61. The smallest absolute Gasteiger partial charge is 0.330 e. The van der Waals surface area contributed by atoms with Gasteiger partial charge >= 0.3 is 5.69 Å². The number of aryl methyl sites for hydroxylation is 3. The van der Waals surface area contributed by atoms with Crippen LogP contribution in [0.2, 0.25) is 0 Å². The maximum absolute atomic E-state index is 13.7. The van der Waals surface area contributed by atoms with Gasteiger partial charge in [-0.3, -0.25) is 19.2 Å². The van der Waals surface area contributed by atoms with Crippen molar-refractivity contribution in [2.45, 2.75) is 74.7 Å². The molecule has 0 radical (unpaired) electrons. The number of azide groups is 1. The topological polar surface area (TPSA) is 211 Å². The molecule has 0 amide bonds. The fraction of sp³-hybridized carbons (Fsp3) is 0.415. The van der Waals surface area contributed by atoms with Crippen molar-refractivity contribution < 1.29 is 26.7 Å². The highest BCUT2D eigenvalue weighted by Crippen LogP contribution is 2.30. The molecule has 2 aliphatic heterocycles. The van der Waals surface area contributed by atoms with Crippen molar-refractivity contribution >= 4 is 20.0 Å². The van der Waals surface area contributed by atoms with E-state index in [1.807, 2.05) is 32.0 Å². The Kier molecular flexibility index (Phi) is 15.6. The molecule has 4 aromatic rings. The van der Waals surface area contributed by atoms with Crippen LogP contribution in [-0.4, -0.2) is 103 Å². The number of hydrogen-bond acceptors (Lipinski definition) is 10. The summed E-state index contributed by atoms with van der Waals surface area (Å²) >= 11 is 0. The molecule has 0 saturated carbocycles. The Labute approximate surface area is 345 Å². The van der Waals surface area contributed by atoms with E-state index in [2.05, 4.69) is 38.6 Å². The van der Waals surface area contributed by atoms with Crippen molar-refractivity contribution in [1.29, 1.82) is 0 Å². The van der Waals surface area contributed by atoms with Gasteiger partial charge in [0.25, 0.3) is 5.56 Å². The molecule has 316 valence electrons. The standard InChI is InChI=1S/C31H39N3O4S2.C10H13N5O4/c1-26-11-15-30(16-12-26)39(35,36)33-21-7-19-32(25-29-9-5-4-6-10-29)20-8-22-34(24-28(3)23-33)40(37,38)31-17-13-27(2)14-18-31;1-5-3-15(10(18)12-9(5)17)8-2-6(13-14-11)7(4-16)19-8/h4-6,9-18H,3,7-8,19-25H2,1-2H3;3,6-8,16H,2,4H2,1H3,(H,12,17,18)/t;6-,7+,8+/m.0/s1. The Morgan fingerprint density at radius 3 is 1.85 bits per heavy atom. The first-order valence-electron chi connectivity index (χ1n) is 19.3. The number of nitrogens with zero attached hydrogens (tertiary/aromatic N) is 7. The maximum atomic E-state index is 13.7. The van der Waals surface area contributed by atoms with E-state index in [1.165, 1.54) is 19.4 Å². The molecular weight excluding hydrogens is 797 g/mol. The van der Waals surface area contributed by atoms with Crippen molar-refractivity contribution in [2.75, 3.05) is 45.9 Å². The van der Waals surface area contributed by atoms with Crippen LogP contribution in [0.25, 0.3) is 10.4 Å². The third-order valence-electron chi connectivity index (χ3n) is 10.2. The third-order valence-corrected chi connectivity index (χ3v) is 13.9. The number of aromatic nitrogens is 2. The van der Waals surface area contributed by atoms with Gasteiger partial charge in [-0.15, -0.1) is 0 Å². The second-order valence-electron chi connectivity index (χ2n) is 14.8. The predicted molar refractivity (Wildman–Crippen MR) is 225 cm³/mol. The molecule has 0 bridgehead atoms. The van der Waals surface area contributed by atoms with Gasteiger partial charge in [0.05, 0.1) is 28.5 Å². The fourth-order valence-corrected chi connectivity index (χ4v) is 9.93. The molecule has 0 unspecified atom stereocenters. The lowest BCUT2D eigenvalue weighted by Gasteiger charge is -2.30. The summed E-state index contributed by atoms with van der Waals surface area (Å²) in [6.07, 6.45) is 1.63. The second kappa shape index (κ2) is 20.4. The average molecular weight is 849 g/mol. The highest BCUT2D eigenvalue weighted by atomic mass is 32.2. The van der Waals surface area contributed by atoms with Crippen LogP contribution in [0, 0.1) is 20.8 Å². The van der Waals surface area contributed by atoms with Crippen molar-refractivity contribution in [3.8, 4) is 0 Å². The van der Waals surface area contributed by atoms with Gasteiger partial charge in [-0.1, -0.05) is 77.4 Å². The second-order valence-corrected chi connectivity index (χ2v) is 18.7. The summed E-state index contributed by atoms with van der Waals surface area (Å²) in [6.45, 7) is 12.0. The minimum atomic E-state index is -3.80. The normalized spacial score (nSPS) is 20.4. The zero-order chi connectivity index (χ0) is 42.7. The minimum Gasteiger partial charge on any atom is -0.394 e. The predicted octanol–water partition coefficient (Wildman–Crippen LogP) is 4.64. The van der Waals surface area contributed by atoms with E-state index in [0.29, 0.717) is 56.7 Å². The lowest BCUT2D eigenvalue weighted by atomic mass is 10.1. The number of benzene rings is 3. The summed E-state index contributed by atoms with van der Waals surface area (Å²) in [5, 5.41) is 12.7. The molecule has 0 aliphatic carbocycles.